The van der Waals surface area contributed by atoms with Crippen LogP contribution in [-0.2, 0) is 4.79 Å². The van der Waals surface area contributed by atoms with Gasteiger partial charge in [-0.2, -0.15) is 0 Å². The standard InChI is InChI=1S/C19H15BrN2O2S/c1-24-17-5-3-2-4-14(17)8-11-18(23)22-19-21-16(12-25-19)13-6-9-15(20)10-7-13/h2-12H,1H3,(H,21,22,23). The summed E-state index contributed by atoms with van der Waals surface area (Å²) in [5.41, 5.74) is 2.68. The molecule has 6 heteroatoms. The van der Waals surface area contributed by atoms with E-state index in [0.717, 1.165) is 27.0 Å². The molecule has 4 nitrogen and oxygen atoms in total. The number of nitrogens with one attached hydrogen (secondary N) is 1. The molecule has 0 unspecified atom stereocenters. The molecule has 0 fully saturated rings. The Balaban J connectivity index is 1.67. The maximum Gasteiger partial charge on any atom is 0.250 e. The van der Waals surface area contributed by atoms with Crippen molar-refractivity contribution >= 4 is 44.4 Å². The summed E-state index contributed by atoms with van der Waals surface area (Å²) in [5.74, 6) is 0.487. The number of thiazole rings is 1. The molecule has 3 rings (SSSR count). The Hall–Kier alpha value is -2.44. The van der Waals surface area contributed by atoms with E-state index in [0.29, 0.717) is 5.13 Å². The fourth-order valence-electron chi connectivity index (χ4n) is 2.20. The van der Waals surface area contributed by atoms with Crippen molar-refractivity contribution in [2.24, 2.45) is 0 Å². The highest BCUT2D eigenvalue weighted by atomic mass is 79.9. The predicted molar refractivity (Wildman–Crippen MR) is 106 cm³/mol. The van der Waals surface area contributed by atoms with Crippen LogP contribution in [-0.4, -0.2) is 18.0 Å². The van der Waals surface area contributed by atoms with Gasteiger partial charge in [-0.15, -0.1) is 11.3 Å². The number of ether oxygens (including phenoxy) is 1. The molecule has 0 saturated heterocycles. The number of rotatable bonds is 5. The first-order chi connectivity index (χ1) is 12.2. The van der Waals surface area contributed by atoms with E-state index in [9.17, 15) is 4.79 Å². The zero-order chi connectivity index (χ0) is 17.6. The van der Waals surface area contributed by atoms with Gasteiger partial charge in [0, 0.05) is 27.1 Å². The molecule has 0 radical (unpaired) electrons. The van der Waals surface area contributed by atoms with E-state index in [1.807, 2.05) is 53.9 Å². The number of carbonyl (C=O) groups excluding carboxylic acids is 1. The van der Waals surface area contributed by atoms with E-state index in [2.05, 4.69) is 26.2 Å². The summed E-state index contributed by atoms with van der Waals surface area (Å²) in [5, 5.41) is 5.26. The van der Waals surface area contributed by atoms with Crippen LogP contribution in [0.5, 0.6) is 5.75 Å². The molecule has 0 aliphatic heterocycles. The Morgan fingerprint density at radius 2 is 1.96 bits per heavy atom. The summed E-state index contributed by atoms with van der Waals surface area (Å²) in [4.78, 5) is 16.5. The first-order valence-corrected chi connectivity index (χ1v) is 9.16. The summed E-state index contributed by atoms with van der Waals surface area (Å²) in [7, 11) is 1.60. The first kappa shape index (κ1) is 17.4. The molecule has 3 aromatic rings. The Morgan fingerprint density at radius 1 is 1.20 bits per heavy atom. The van der Waals surface area contributed by atoms with Gasteiger partial charge in [-0.1, -0.05) is 46.3 Å². The van der Waals surface area contributed by atoms with Gasteiger partial charge < -0.3 is 4.74 Å². The molecule has 1 amide bonds. The second-order valence-electron chi connectivity index (χ2n) is 5.11. The van der Waals surface area contributed by atoms with Gasteiger partial charge in [-0.25, -0.2) is 4.98 Å². The largest absolute Gasteiger partial charge is 0.496 e. The van der Waals surface area contributed by atoms with Crippen LogP contribution in [0.15, 0.2) is 64.5 Å². The lowest BCUT2D eigenvalue weighted by atomic mass is 10.2. The monoisotopic (exact) mass is 414 g/mol. The highest BCUT2D eigenvalue weighted by molar-refractivity contribution is 9.10. The molecule has 0 aliphatic carbocycles. The summed E-state index contributed by atoms with van der Waals surface area (Å²) in [6.07, 6.45) is 3.19. The first-order valence-electron chi connectivity index (χ1n) is 7.49. The summed E-state index contributed by atoms with van der Waals surface area (Å²) >= 11 is 4.80. The lowest BCUT2D eigenvalue weighted by molar-refractivity contribution is -0.111. The number of halogens is 1. The molecule has 25 heavy (non-hydrogen) atoms. The minimum atomic E-state index is -0.234. The van der Waals surface area contributed by atoms with E-state index in [4.69, 9.17) is 4.74 Å². The molecule has 0 saturated carbocycles. The number of amides is 1. The van der Waals surface area contributed by atoms with Gasteiger partial charge in [0.2, 0.25) is 5.91 Å². The Kier molecular flexibility index (Phi) is 5.63. The fourth-order valence-corrected chi connectivity index (χ4v) is 3.19. The molecular formula is C19H15BrN2O2S. The predicted octanol–water partition coefficient (Wildman–Crippen LogP) is 5.23. The van der Waals surface area contributed by atoms with Crippen molar-refractivity contribution < 1.29 is 9.53 Å². The van der Waals surface area contributed by atoms with E-state index in [1.165, 1.54) is 17.4 Å². The number of para-hydroxylation sites is 1. The molecule has 1 heterocycles. The van der Waals surface area contributed by atoms with E-state index >= 15 is 0 Å². The van der Waals surface area contributed by atoms with Crippen LogP contribution < -0.4 is 10.1 Å². The summed E-state index contributed by atoms with van der Waals surface area (Å²) in [6.45, 7) is 0. The molecule has 2 aromatic carbocycles. The lowest BCUT2D eigenvalue weighted by Crippen LogP contribution is -2.07. The number of nitrogens with zero attached hydrogens (tertiary/aromatic N) is 1. The molecule has 1 N–H and O–H groups in total. The Labute approximate surface area is 158 Å². The van der Waals surface area contributed by atoms with Crippen LogP contribution in [0.2, 0.25) is 0 Å². The maximum absolute atomic E-state index is 12.1. The van der Waals surface area contributed by atoms with Crippen LogP contribution in [0.4, 0.5) is 5.13 Å². The Morgan fingerprint density at radius 3 is 2.72 bits per heavy atom. The topological polar surface area (TPSA) is 51.2 Å². The molecule has 0 aliphatic rings. The zero-order valence-corrected chi connectivity index (χ0v) is 15.8. The van der Waals surface area contributed by atoms with Crippen LogP contribution in [0.25, 0.3) is 17.3 Å². The van der Waals surface area contributed by atoms with Crippen molar-refractivity contribution in [3.05, 3.63) is 70.0 Å². The van der Waals surface area contributed by atoms with Crippen molar-refractivity contribution in [1.29, 1.82) is 0 Å². The summed E-state index contributed by atoms with van der Waals surface area (Å²) in [6, 6.07) is 15.4. The lowest BCUT2D eigenvalue weighted by Gasteiger charge is -2.03. The van der Waals surface area contributed by atoms with Crippen LogP contribution in [0.3, 0.4) is 0 Å². The Bertz CT molecular complexity index is 904. The second kappa shape index (κ2) is 8.09. The third kappa shape index (κ3) is 4.55. The smallest absolute Gasteiger partial charge is 0.250 e. The van der Waals surface area contributed by atoms with Crippen molar-refractivity contribution in [2.75, 3.05) is 12.4 Å². The highest BCUT2D eigenvalue weighted by Crippen LogP contribution is 2.26. The molecule has 0 spiro atoms. The van der Waals surface area contributed by atoms with Gasteiger partial charge in [-0.3, -0.25) is 10.1 Å². The number of anilines is 1. The highest BCUT2D eigenvalue weighted by Gasteiger charge is 2.07. The number of carbonyl (C=O) groups is 1. The third-order valence-electron chi connectivity index (χ3n) is 3.43. The van der Waals surface area contributed by atoms with Crippen molar-refractivity contribution in [3.63, 3.8) is 0 Å². The third-order valence-corrected chi connectivity index (χ3v) is 4.71. The quantitative estimate of drug-likeness (QED) is 0.581. The van der Waals surface area contributed by atoms with E-state index < -0.39 is 0 Å². The van der Waals surface area contributed by atoms with Crippen molar-refractivity contribution in [3.8, 4) is 17.0 Å². The van der Waals surface area contributed by atoms with Crippen LogP contribution >= 0.6 is 27.3 Å². The number of hydrogen-bond acceptors (Lipinski definition) is 4. The number of hydrogen-bond donors (Lipinski definition) is 1. The fraction of sp³-hybridized carbons (Fsp3) is 0.0526. The van der Waals surface area contributed by atoms with Gasteiger partial charge in [0.25, 0.3) is 0 Å². The maximum atomic E-state index is 12.1. The molecule has 126 valence electrons. The number of benzene rings is 2. The van der Waals surface area contributed by atoms with Crippen molar-refractivity contribution in [1.82, 2.24) is 4.98 Å². The van der Waals surface area contributed by atoms with Crippen molar-refractivity contribution in [2.45, 2.75) is 0 Å². The zero-order valence-electron chi connectivity index (χ0n) is 13.4. The van der Waals surface area contributed by atoms with Gasteiger partial charge >= 0.3 is 0 Å². The molecule has 0 atom stereocenters. The average Bonchev–Trinajstić information content (AvgIpc) is 3.09. The molecule has 1 aromatic heterocycles. The minimum Gasteiger partial charge on any atom is -0.496 e. The normalized spacial score (nSPS) is 10.8. The van der Waals surface area contributed by atoms with E-state index in [1.54, 1.807) is 13.2 Å². The number of methoxy groups -OCH3 is 1. The van der Waals surface area contributed by atoms with Crippen LogP contribution in [0, 0.1) is 0 Å². The number of aromatic nitrogens is 1. The van der Waals surface area contributed by atoms with Crippen LogP contribution in [0.1, 0.15) is 5.56 Å². The minimum absolute atomic E-state index is 0.234. The summed E-state index contributed by atoms with van der Waals surface area (Å²) < 4.78 is 6.28. The van der Waals surface area contributed by atoms with Gasteiger partial charge in [0.05, 0.1) is 12.8 Å². The molecular weight excluding hydrogens is 400 g/mol. The van der Waals surface area contributed by atoms with Gasteiger partial charge in [0.1, 0.15) is 5.75 Å². The average molecular weight is 415 g/mol. The van der Waals surface area contributed by atoms with E-state index in [-0.39, 0.29) is 5.91 Å². The molecule has 0 bridgehead atoms. The van der Waals surface area contributed by atoms with Gasteiger partial charge in [0.15, 0.2) is 5.13 Å². The second-order valence-corrected chi connectivity index (χ2v) is 6.88. The van der Waals surface area contributed by atoms with Gasteiger partial charge in [-0.05, 0) is 24.3 Å². The SMILES string of the molecule is COc1ccccc1C=CC(=O)Nc1nc(-c2ccc(Br)cc2)cs1.